The molecule has 0 spiro atoms. The van der Waals surface area contributed by atoms with Crippen LogP contribution in [0.1, 0.15) is 23.7 Å². The van der Waals surface area contributed by atoms with Crippen molar-refractivity contribution in [3.63, 3.8) is 0 Å². The first-order chi connectivity index (χ1) is 8.19. The normalized spacial score (nSPS) is 13.2. The summed E-state index contributed by atoms with van der Waals surface area (Å²) < 4.78 is 36.3. The molecule has 1 aromatic carbocycles. The highest BCUT2D eigenvalue weighted by Gasteiger charge is 2.30. The summed E-state index contributed by atoms with van der Waals surface area (Å²) in [6.07, 6.45) is -5.41. The summed E-state index contributed by atoms with van der Waals surface area (Å²) >= 11 is 5.78. The zero-order chi connectivity index (χ0) is 13.9. The third-order valence-corrected chi connectivity index (χ3v) is 2.47. The maximum Gasteiger partial charge on any atom is 0.391 e. The number of nitrogens with two attached hydrogens (primary N) is 1. The summed E-state index contributed by atoms with van der Waals surface area (Å²) in [5, 5.41) is 2.33. The van der Waals surface area contributed by atoms with Gasteiger partial charge in [-0.1, -0.05) is 11.6 Å². The molecule has 0 saturated carbocycles. The van der Waals surface area contributed by atoms with E-state index in [-0.39, 0.29) is 10.6 Å². The molecule has 0 saturated heterocycles. The van der Waals surface area contributed by atoms with Crippen LogP contribution in [-0.4, -0.2) is 18.1 Å². The Bertz CT molecular complexity index is 448. The number of benzene rings is 1. The Morgan fingerprint density at radius 3 is 2.61 bits per heavy atom. The summed E-state index contributed by atoms with van der Waals surface area (Å²) in [5.41, 5.74) is 5.92. The van der Waals surface area contributed by atoms with Crippen LogP contribution in [0.3, 0.4) is 0 Å². The van der Waals surface area contributed by atoms with Crippen molar-refractivity contribution in [2.75, 3.05) is 5.73 Å². The van der Waals surface area contributed by atoms with Crippen molar-refractivity contribution in [3.8, 4) is 0 Å². The van der Waals surface area contributed by atoms with Crippen molar-refractivity contribution < 1.29 is 18.0 Å². The van der Waals surface area contributed by atoms with Crippen molar-refractivity contribution >= 4 is 23.2 Å². The highest BCUT2D eigenvalue weighted by molar-refractivity contribution is 6.34. The van der Waals surface area contributed by atoms with Crippen molar-refractivity contribution in [1.29, 1.82) is 0 Å². The number of anilines is 1. The molecular weight excluding hydrogens is 269 g/mol. The first-order valence-corrected chi connectivity index (χ1v) is 5.49. The molecule has 1 amide bonds. The average Bonchev–Trinajstić information content (AvgIpc) is 2.13. The largest absolute Gasteiger partial charge is 0.399 e. The van der Waals surface area contributed by atoms with Crippen LogP contribution in [-0.2, 0) is 0 Å². The van der Waals surface area contributed by atoms with Gasteiger partial charge in [0.15, 0.2) is 0 Å². The van der Waals surface area contributed by atoms with Crippen molar-refractivity contribution in [3.05, 3.63) is 28.8 Å². The van der Waals surface area contributed by atoms with Gasteiger partial charge in [0.1, 0.15) is 0 Å². The minimum atomic E-state index is -4.32. The third kappa shape index (κ3) is 4.44. The first kappa shape index (κ1) is 14.6. The van der Waals surface area contributed by atoms with E-state index < -0.39 is 24.5 Å². The van der Waals surface area contributed by atoms with E-state index in [4.69, 9.17) is 17.3 Å². The lowest BCUT2D eigenvalue weighted by molar-refractivity contribution is -0.138. The molecule has 7 heteroatoms. The lowest BCUT2D eigenvalue weighted by Gasteiger charge is -2.16. The van der Waals surface area contributed by atoms with Gasteiger partial charge >= 0.3 is 6.18 Å². The molecule has 1 atom stereocenters. The fraction of sp³-hybridized carbons (Fsp3) is 0.364. The molecular formula is C11H12ClF3N2O. The minimum absolute atomic E-state index is 0.0971. The molecule has 0 fully saturated rings. The topological polar surface area (TPSA) is 55.1 Å². The predicted molar refractivity (Wildman–Crippen MR) is 63.5 cm³/mol. The molecule has 0 aliphatic heterocycles. The van der Waals surface area contributed by atoms with E-state index in [2.05, 4.69) is 5.32 Å². The van der Waals surface area contributed by atoms with Crippen LogP contribution in [0.25, 0.3) is 0 Å². The number of nitrogens with one attached hydrogen (secondary N) is 1. The summed E-state index contributed by atoms with van der Waals surface area (Å²) in [6, 6.07) is 3.17. The molecule has 0 heterocycles. The van der Waals surface area contributed by atoms with E-state index >= 15 is 0 Å². The van der Waals surface area contributed by atoms with Gasteiger partial charge in [0, 0.05) is 11.7 Å². The number of nitrogen functional groups attached to an aromatic ring is 1. The molecule has 0 aliphatic carbocycles. The highest BCUT2D eigenvalue weighted by Crippen LogP contribution is 2.22. The van der Waals surface area contributed by atoms with Crippen LogP contribution >= 0.6 is 11.6 Å². The highest BCUT2D eigenvalue weighted by atomic mass is 35.5. The Kier molecular flexibility index (Phi) is 4.45. The number of rotatable bonds is 3. The Hall–Kier alpha value is -1.43. The van der Waals surface area contributed by atoms with E-state index in [1.165, 1.54) is 25.1 Å². The second-order valence-corrected chi connectivity index (χ2v) is 4.34. The summed E-state index contributed by atoms with van der Waals surface area (Å²) in [4.78, 5) is 11.7. The lowest BCUT2D eigenvalue weighted by Crippen LogP contribution is -2.36. The monoisotopic (exact) mass is 280 g/mol. The number of amides is 1. The summed E-state index contributed by atoms with van der Waals surface area (Å²) in [7, 11) is 0. The second kappa shape index (κ2) is 5.48. The molecule has 18 heavy (non-hydrogen) atoms. The lowest BCUT2D eigenvalue weighted by atomic mass is 10.1. The maximum absolute atomic E-state index is 12.1. The number of hydrogen-bond acceptors (Lipinski definition) is 2. The Morgan fingerprint density at radius 2 is 2.11 bits per heavy atom. The van der Waals surface area contributed by atoms with Gasteiger partial charge in [-0.3, -0.25) is 4.79 Å². The molecule has 0 bridgehead atoms. The first-order valence-electron chi connectivity index (χ1n) is 5.11. The van der Waals surface area contributed by atoms with E-state index in [0.29, 0.717) is 5.69 Å². The molecule has 100 valence electrons. The number of hydrogen-bond donors (Lipinski definition) is 2. The van der Waals surface area contributed by atoms with Crippen LogP contribution in [0.4, 0.5) is 18.9 Å². The van der Waals surface area contributed by atoms with Crippen LogP contribution in [0.2, 0.25) is 5.02 Å². The van der Waals surface area contributed by atoms with Gasteiger partial charge in [-0.25, -0.2) is 0 Å². The molecule has 3 N–H and O–H groups in total. The quantitative estimate of drug-likeness (QED) is 0.836. The van der Waals surface area contributed by atoms with Gasteiger partial charge < -0.3 is 11.1 Å². The fourth-order valence-corrected chi connectivity index (χ4v) is 1.69. The summed E-state index contributed by atoms with van der Waals surface area (Å²) in [6.45, 7) is 1.27. The third-order valence-electron chi connectivity index (χ3n) is 2.15. The van der Waals surface area contributed by atoms with Crippen LogP contribution in [0, 0.1) is 0 Å². The fourth-order valence-electron chi connectivity index (χ4n) is 1.42. The molecule has 0 aliphatic rings. The number of halogens is 4. The number of carbonyl (C=O) groups excluding carboxylic acids is 1. The van der Waals surface area contributed by atoms with Crippen molar-refractivity contribution in [2.45, 2.75) is 25.6 Å². The van der Waals surface area contributed by atoms with Gasteiger partial charge in [-0.2, -0.15) is 13.2 Å². The number of carbonyl (C=O) groups is 1. The smallest absolute Gasteiger partial charge is 0.391 e. The van der Waals surface area contributed by atoms with E-state index in [1.807, 2.05) is 0 Å². The Labute approximate surface area is 107 Å². The van der Waals surface area contributed by atoms with Gasteiger partial charge in [0.2, 0.25) is 0 Å². The zero-order valence-electron chi connectivity index (χ0n) is 9.51. The van der Waals surface area contributed by atoms with Crippen LogP contribution < -0.4 is 11.1 Å². The van der Waals surface area contributed by atoms with Gasteiger partial charge in [0.25, 0.3) is 5.91 Å². The van der Waals surface area contributed by atoms with Crippen molar-refractivity contribution in [1.82, 2.24) is 5.32 Å². The van der Waals surface area contributed by atoms with Gasteiger partial charge in [-0.15, -0.1) is 0 Å². The number of alkyl halides is 3. The van der Waals surface area contributed by atoms with Gasteiger partial charge in [-0.05, 0) is 25.1 Å². The van der Waals surface area contributed by atoms with E-state index in [0.717, 1.165) is 0 Å². The molecule has 1 aromatic rings. The Morgan fingerprint density at radius 1 is 1.50 bits per heavy atom. The van der Waals surface area contributed by atoms with Gasteiger partial charge in [0.05, 0.1) is 17.0 Å². The SMILES string of the molecule is CC(CC(F)(F)F)NC(=O)c1ccc(N)cc1Cl. The zero-order valence-corrected chi connectivity index (χ0v) is 10.3. The average molecular weight is 281 g/mol. The molecule has 1 unspecified atom stereocenters. The Balaban J connectivity index is 2.71. The maximum atomic E-state index is 12.1. The van der Waals surface area contributed by atoms with Crippen LogP contribution in [0.15, 0.2) is 18.2 Å². The minimum Gasteiger partial charge on any atom is -0.399 e. The molecule has 1 rings (SSSR count). The van der Waals surface area contributed by atoms with E-state index in [1.54, 1.807) is 0 Å². The molecule has 0 radical (unpaired) electrons. The van der Waals surface area contributed by atoms with E-state index in [9.17, 15) is 18.0 Å². The summed E-state index contributed by atoms with van der Waals surface area (Å²) in [5.74, 6) is -0.656. The molecule has 0 aromatic heterocycles. The standard InChI is InChI=1S/C11H12ClF3N2O/c1-6(5-11(13,14)15)17-10(18)8-3-2-7(16)4-9(8)12/h2-4,6H,5,16H2,1H3,(H,17,18). The second-order valence-electron chi connectivity index (χ2n) is 3.93. The van der Waals surface area contributed by atoms with Crippen molar-refractivity contribution in [2.24, 2.45) is 0 Å². The molecule has 3 nitrogen and oxygen atoms in total. The predicted octanol–water partition coefficient (Wildman–Crippen LogP) is 2.99. The van der Waals surface area contributed by atoms with Crippen LogP contribution in [0.5, 0.6) is 0 Å².